The fourth-order valence-electron chi connectivity index (χ4n) is 5.88. The summed E-state index contributed by atoms with van der Waals surface area (Å²) in [5.74, 6) is -1.12. The van der Waals surface area contributed by atoms with Crippen LogP contribution in [0.1, 0.15) is 131 Å². The molecule has 0 unspecified atom stereocenters. The summed E-state index contributed by atoms with van der Waals surface area (Å²) in [4.78, 5) is 18.8. The van der Waals surface area contributed by atoms with E-state index in [0.717, 1.165) is 62.3 Å². The molecule has 3 aromatic rings. The molecule has 1 aromatic heterocycles. The summed E-state index contributed by atoms with van der Waals surface area (Å²) in [6, 6.07) is 11.7. The second kappa shape index (κ2) is 28.6. The molecular formula is C49H73FN2O4. The minimum atomic E-state index is -0.975. The van der Waals surface area contributed by atoms with Crippen LogP contribution >= 0.6 is 0 Å². The van der Waals surface area contributed by atoms with Gasteiger partial charge in [-0.1, -0.05) is 97.9 Å². The van der Waals surface area contributed by atoms with E-state index in [1.165, 1.54) is 6.07 Å². The van der Waals surface area contributed by atoms with Crippen molar-refractivity contribution in [3.8, 4) is 17.0 Å². The normalized spacial score (nSPS) is 11.4. The van der Waals surface area contributed by atoms with Crippen LogP contribution in [0.2, 0.25) is 0 Å². The number of pyridine rings is 1. The Labute approximate surface area is 340 Å². The molecule has 6 nitrogen and oxygen atoms in total. The quantitative estimate of drug-likeness (QED) is 0.200. The molecule has 0 amide bonds. The summed E-state index contributed by atoms with van der Waals surface area (Å²) < 4.78 is 21.3. The van der Waals surface area contributed by atoms with Gasteiger partial charge in [-0.2, -0.15) is 0 Å². The number of nitrogens with zero attached hydrogens (tertiary/aromatic N) is 2. The highest BCUT2D eigenvalue weighted by molar-refractivity contribution is 5.93. The molecule has 0 bridgehead atoms. The number of carbonyl (C=O) groups is 1. The fraction of sp³-hybridized carbons (Fsp3) is 0.429. The lowest BCUT2D eigenvalue weighted by atomic mass is 9.82. The number of hydrogen-bond donors (Lipinski definition) is 2. The first-order valence-corrected chi connectivity index (χ1v) is 20.2. The van der Waals surface area contributed by atoms with Gasteiger partial charge in [0.25, 0.3) is 0 Å². The number of rotatable bonds is 10. The molecule has 2 aromatic carbocycles. The highest BCUT2D eigenvalue weighted by Crippen LogP contribution is 2.42. The average Bonchev–Trinajstić information content (AvgIpc) is 3.21. The van der Waals surface area contributed by atoms with E-state index in [1.54, 1.807) is 20.0 Å². The Morgan fingerprint density at radius 2 is 1.57 bits per heavy atom. The zero-order valence-electron chi connectivity index (χ0n) is 37.6. The summed E-state index contributed by atoms with van der Waals surface area (Å²) in [5, 5.41) is 17.5. The second-order valence-electron chi connectivity index (χ2n) is 12.4. The summed E-state index contributed by atoms with van der Waals surface area (Å²) in [6.45, 7) is 36.3. The molecule has 2 N–H and O–H groups in total. The first-order valence-electron chi connectivity index (χ1n) is 20.2. The molecule has 310 valence electrons. The van der Waals surface area contributed by atoms with E-state index in [-0.39, 0.29) is 13.0 Å². The number of fused-ring (bicyclic) bond motifs is 1. The number of benzene rings is 2. The summed E-state index contributed by atoms with van der Waals surface area (Å²) in [6.07, 6.45) is 6.95. The lowest BCUT2D eigenvalue weighted by Gasteiger charge is -2.25. The first-order chi connectivity index (χ1) is 26.7. The molecule has 0 saturated carbocycles. The number of carboxylic acids is 1. The van der Waals surface area contributed by atoms with Crippen molar-refractivity contribution in [2.24, 2.45) is 0 Å². The number of halogens is 1. The van der Waals surface area contributed by atoms with Crippen molar-refractivity contribution in [1.82, 2.24) is 4.98 Å². The number of aromatic nitrogens is 1. The summed E-state index contributed by atoms with van der Waals surface area (Å²) in [7, 11) is 4.00. The van der Waals surface area contributed by atoms with Gasteiger partial charge in [0, 0.05) is 43.7 Å². The second-order valence-corrected chi connectivity index (χ2v) is 12.4. The third-order valence-electron chi connectivity index (χ3n) is 8.26. The Bertz CT molecular complexity index is 1790. The standard InChI is InChI=1S/C39H43FN2O3.C2H6O.4C2H6/c1-10-27-19-29(13-14-36(27)42(8)9)35-20-28(15-16-41-35)25(6)18-31(23(2)3)38(32(24(4)5)22-37(43)44)33-21-34(40)39-30(26(33)7)12-11-17-45-39;1-2-3;4*1-2/h10,13-16,18-21H,1,4,11-12,17,22H2,2-3,5-9H3,(H,43,44);3H,2H2,1H3;4*1-2H3/b25-18+,38-32+;;;;;. The van der Waals surface area contributed by atoms with E-state index in [2.05, 4.69) is 47.3 Å². The number of allylic oxidation sites excluding steroid dienone is 6. The van der Waals surface area contributed by atoms with E-state index in [4.69, 9.17) is 9.84 Å². The maximum absolute atomic E-state index is 15.6. The number of aliphatic hydroxyl groups excluding tert-OH is 1. The molecule has 4 rings (SSSR count). The van der Waals surface area contributed by atoms with Gasteiger partial charge in [0.05, 0.1) is 18.7 Å². The third kappa shape index (κ3) is 15.1. The number of aliphatic hydroxyl groups is 1. The van der Waals surface area contributed by atoms with Gasteiger partial charge in [0.1, 0.15) is 0 Å². The van der Waals surface area contributed by atoms with Crippen LogP contribution < -0.4 is 9.64 Å². The molecule has 0 fully saturated rings. The minimum Gasteiger partial charge on any atom is -0.490 e. The molecule has 56 heavy (non-hydrogen) atoms. The van der Waals surface area contributed by atoms with Crippen LogP contribution in [0, 0.1) is 12.7 Å². The SMILES string of the molecule is C=Cc1cc(-c2cc(/C(C)=C/C(=C(C)C)/C(=C(/CC(=O)O)C(=C)C)c3cc(F)c4c(c3C)CCCO4)ccn2)ccc1N(C)C.CC.CC.CC.CC.CCO. The topological polar surface area (TPSA) is 82.9 Å². The Hall–Kier alpha value is -4.75. The zero-order valence-corrected chi connectivity index (χ0v) is 37.6. The van der Waals surface area contributed by atoms with Crippen LogP contribution in [0.15, 0.2) is 84.1 Å². The van der Waals surface area contributed by atoms with Crippen molar-refractivity contribution >= 4 is 28.9 Å². The molecule has 0 radical (unpaired) electrons. The predicted octanol–water partition coefficient (Wildman–Crippen LogP) is 13.6. The Morgan fingerprint density at radius 1 is 0.982 bits per heavy atom. The lowest BCUT2D eigenvalue weighted by molar-refractivity contribution is -0.136. The van der Waals surface area contributed by atoms with Crippen molar-refractivity contribution in [3.05, 3.63) is 118 Å². The summed E-state index contributed by atoms with van der Waals surface area (Å²) in [5.41, 5.74) is 11.8. The van der Waals surface area contributed by atoms with Gasteiger partial charge < -0.3 is 19.8 Å². The van der Waals surface area contributed by atoms with E-state index in [0.29, 0.717) is 41.1 Å². The highest BCUT2D eigenvalue weighted by atomic mass is 19.1. The fourth-order valence-corrected chi connectivity index (χ4v) is 5.88. The van der Waals surface area contributed by atoms with Gasteiger partial charge in [-0.15, -0.1) is 0 Å². The van der Waals surface area contributed by atoms with E-state index in [1.807, 2.05) is 115 Å². The number of hydrogen-bond acceptors (Lipinski definition) is 5. The van der Waals surface area contributed by atoms with Gasteiger partial charge >= 0.3 is 5.97 Å². The van der Waals surface area contributed by atoms with E-state index in [9.17, 15) is 9.90 Å². The molecule has 0 aliphatic carbocycles. The summed E-state index contributed by atoms with van der Waals surface area (Å²) >= 11 is 0. The number of carboxylic acid groups (broad SMARTS) is 1. The van der Waals surface area contributed by atoms with Crippen molar-refractivity contribution in [2.75, 3.05) is 32.2 Å². The smallest absolute Gasteiger partial charge is 0.307 e. The van der Waals surface area contributed by atoms with Crippen LogP contribution in [0.3, 0.4) is 0 Å². The Balaban J connectivity index is 0. The maximum Gasteiger partial charge on any atom is 0.307 e. The Morgan fingerprint density at radius 3 is 2.07 bits per heavy atom. The lowest BCUT2D eigenvalue weighted by Crippen LogP contribution is -2.14. The molecule has 0 atom stereocenters. The van der Waals surface area contributed by atoms with Gasteiger partial charge in [-0.05, 0) is 129 Å². The zero-order chi connectivity index (χ0) is 43.7. The van der Waals surface area contributed by atoms with Crippen LogP contribution in [-0.4, -0.2) is 48.5 Å². The molecule has 1 aliphatic rings. The molecule has 2 heterocycles. The number of anilines is 1. The third-order valence-corrected chi connectivity index (χ3v) is 8.26. The van der Waals surface area contributed by atoms with Gasteiger partial charge in [-0.25, -0.2) is 4.39 Å². The largest absolute Gasteiger partial charge is 0.490 e. The van der Waals surface area contributed by atoms with E-state index >= 15 is 4.39 Å². The van der Waals surface area contributed by atoms with Crippen molar-refractivity contribution in [3.63, 3.8) is 0 Å². The maximum atomic E-state index is 15.6. The molecular weight excluding hydrogens is 700 g/mol. The van der Waals surface area contributed by atoms with Crippen LogP contribution in [0.25, 0.3) is 28.5 Å². The van der Waals surface area contributed by atoms with Crippen LogP contribution in [-0.2, 0) is 11.2 Å². The van der Waals surface area contributed by atoms with Gasteiger partial charge in [0.15, 0.2) is 11.6 Å². The average molecular weight is 773 g/mol. The van der Waals surface area contributed by atoms with E-state index < -0.39 is 11.8 Å². The van der Waals surface area contributed by atoms with Crippen LogP contribution in [0.5, 0.6) is 5.75 Å². The van der Waals surface area contributed by atoms with Crippen molar-refractivity contribution < 1.29 is 24.1 Å². The van der Waals surface area contributed by atoms with Crippen LogP contribution in [0.4, 0.5) is 10.1 Å². The van der Waals surface area contributed by atoms with Gasteiger partial charge in [-0.3, -0.25) is 9.78 Å². The number of aliphatic carboxylic acids is 1. The molecule has 7 heteroatoms. The monoisotopic (exact) mass is 773 g/mol. The highest BCUT2D eigenvalue weighted by Gasteiger charge is 2.26. The molecule has 1 aliphatic heterocycles. The number of ether oxygens (including phenoxy) is 1. The minimum absolute atomic E-state index is 0.239. The van der Waals surface area contributed by atoms with Crippen molar-refractivity contribution in [1.29, 1.82) is 0 Å². The predicted molar refractivity (Wildman–Crippen MR) is 243 cm³/mol. The molecule has 0 spiro atoms. The Kier molecular flexibility index (Phi) is 27.3. The van der Waals surface area contributed by atoms with Crippen molar-refractivity contribution in [2.45, 2.75) is 116 Å². The van der Waals surface area contributed by atoms with Gasteiger partial charge in [0.2, 0.25) is 0 Å². The molecule has 0 saturated heterocycles. The first kappa shape index (κ1) is 53.4.